The van der Waals surface area contributed by atoms with Crippen LogP contribution in [0.1, 0.15) is 46.3 Å². The van der Waals surface area contributed by atoms with Gasteiger partial charge in [0.25, 0.3) is 0 Å². The lowest BCUT2D eigenvalue weighted by Crippen LogP contribution is -2.41. The van der Waals surface area contributed by atoms with Crippen LogP contribution in [0.3, 0.4) is 0 Å². The molecule has 0 aliphatic heterocycles. The summed E-state index contributed by atoms with van der Waals surface area (Å²) in [7, 11) is 0. The van der Waals surface area contributed by atoms with E-state index in [9.17, 15) is 19.5 Å². The number of anilines is 2. The molecule has 7 heteroatoms. The number of carbonyl (C=O) groups is 3. The monoisotopic (exact) mass is 576 g/mol. The van der Waals surface area contributed by atoms with Gasteiger partial charge in [-0.05, 0) is 61.7 Å². The number of para-hydroxylation sites is 1. The van der Waals surface area contributed by atoms with Crippen LogP contribution in [0.4, 0.5) is 11.4 Å². The molecule has 0 heterocycles. The number of carbonyl (C=O) groups excluding carboxylic acids is 2. The molecule has 7 nitrogen and oxygen atoms in total. The Balaban J connectivity index is 1.21. The van der Waals surface area contributed by atoms with Crippen LogP contribution in [-0.4, -0.2) is 42.0 Å². The molecule has 0 spiro atoms. The molecule has 5 rings (SSSR count). The zero-order valence-corrected chi connectivity index (χ0v) is 24.2. The number of hydrogen-bond acceptors (Lipinski definition) is 5. The van der Waals surface area contributed by atoms with Crippen LogP contribution >= 0.6 is 0 Å². The summed E-state index contributed by atoms with van der Waals surface area (Å²) in [5, 5.41) is 13.0. The standard InChI is InChI=1S/C36H36N2O5/c1-25-14-18-29(19-15-25)38(35(40)28-10-7-11-28)22-23-43-30-20-16-26(17-21-30)24-33(36(41)42)37-32-13-6-5-12-31(32)34(39)27-8-3-2-4-9-27/h2-6,8-9,12-21,28,33,37H,7,10-11,22-24H2,1H3,(H,41,42). The number of nitrogens with zero attached hydrogens (tertiary/aromatic N) is 1. The number of ketones is 1. The zero-order valence-electron chi connectivity index (χ0n) is 24.2. The second-order valence-electron chi connectivity index (χ2n) is 10.9. The van der Waals surface area contributed by atoms with Crippen LogP contribution in [0.15, 0.2) is 103 Å². The van der Waals surface area contributed by atoms with E-state index in [-0.39, 0.29) is 24.0 Å². The van der Waals surface area contributed by atoms with Gasteiger partial charge < -0.3 is 20.1 Å². The molecule has 1 aliphatic rings. The predicted molar refractivity (Wildman–Crippen MR) is 168 cm³/mol. The normalized spacial score (nSPS) is 13.4. The molecular formula is C36H36N2O5. The van der Waals surface area contributed by atoms with E-state index in [0.717, 1.165) is 36.1 Å². The van der Waals surface area contributed by atoms with Crippen LogP contribution < -0.4 is 15.0 Å². The Morgan fingerprint density at radius 2 is 1.56 bits per heavy atom. The largest absolute Gasteiger partial charge is 0.492 e. The fraction of sp³-hybridized carbons (Fsp3) is 0.250. The fourth-order valence-electron chi connectivity index (χ4n) is 5.12. The van der Waals surface area contributed by atoms with E-state index in [1.54, 1.807) is 48.5 Å². The van der Waals surface area contributed by atoms with Gasteiger partial charge in [0.05, 0.1) is 6.54 Å². The van der Waals surface area contributed by atoms with E-state index in [1.807, 2.05) is 66.4 Å². The number of aliphatic carboxylic acids is 1. The van der Waals surface area contributed by atoms with E-state index in [1.165, 1.54) is 0 Å². The van der Waals surface area contributed by atoms with Crippen molar-refractivity contribution < 1.29 is 24.2 Å². The molecule has 0 bridgehead atoms. The number of rotatable bonds is 13. The van der Waals surface area contributed by atoms with Gasteiger partial charge in [0.1, 0.15) is 18.4 Å². The van der Waals surface area contributed by atoms with Gasteiger partial charge in [-0.3, -0.25) is 9.59 Å². The third-order valence-electron chi connectivity index (χ3n) is 7.85. The van der Waals surface area contributed by atoms with E-state index in [4.69, 9.17) is 4.74 Å². The molecule has 0 radical (unpaired) electrons. The molecule has 1 amide bonds. The first-order valence-electron chi connectivity index (χ1n) is 14.7. The van der Waals surface area contributed by atoms with Gasteiger partial charge in [-0.25, -0.2) is 4.79 Å². The molecule has 220 valence electrons. The van der Waals surface area contributed by atoms with Crippen molar-refractivity contribution in [3.63, 3.8) is 0 Å². The van der Waals surface area contributed by atoms with Crippen LogP contribution in [0.5, 0.6) is 5.75 Å². The van der Waals surface area contributed by atoms with E-state index in [0.29, 0.717) is 35.7 Å². The van der Waals surface area contributed by atoms with Crippen molar-refractivity contribution in [2.45, 2.75) is 38.6 Å². The van der Waals surface area contributed by atoms with Gasteiger partial charge in [-0.15, -0.1) is 0 Å². The third-order valence-corrected chi connectivity index (χ3v) is 7.85. The highest BCUT2D eigenvalue weighted by atomic mass is 16.5. The second-order valence-corrected chi connectivity index (χ2v) is 10.9. The molecule has 43 heavy (non-hydrogen) atoms. The van der Waals surface area contributed by atoms with Gasteiger partial charge in [0.2, 0.25) is 5.91 Å². The highest BCUT2D eigenvalue weighted by Gasteiger charge is 2.30. The first-order valence-corrected chi connectivity index (χ1v) is 14.7. The maximum absolute atomic E-state index is 13.1. The summed E-state index contributed by atoms with van der Waals surface area (Å²) in [6.07, 6.45) is 3.17. The van der Waals surface area contributed by atoms with Crippen LogP contribution in [0, 0.1) is 12.8 Å². The van der Waals surface area contributed by atoms with Crippen molar-refractivity contribution in [2.75, 3.05) is 23.4 Å². The molecule has 1 saturated carbocycles. The molecule has 1 aliphatic carbocycles. The summed E-state index contributed by atoms with van der Waals surface area (Å²) in [4.78, 5) is 40.2. The Kier molecular flexibility index (Phi) is 9.52. The number of amides is 1. The molecule has 1 fully saturated rings. The smallest absolute Gasteiger partial charge is 0.326 e. The minimum atomic E-state index is -1.02. The summed E-state index contributed by atoms with van der Waals surface area (Å²) in [6.45, 7) is 2.79. The van der Waals surface area contributed by atoms with Crippen molar-refractivity contribution in [2.24, 2.45) is 5.92 Å². The lowest BCUT2D eigenvalue weighted by molar-refractivity contribution is -0.137. The van der Waals surface area contributed by atoms with E-state index < -0.39 is 12.0 Å². The van der Waals surface area contributed by atoms with Crippen molar-refractivity contribution in [3.05, 3.63) is 125 Å². The minimum absolute atomic E-state index is 0.0831. The molecule has 0 saturated heterocycles. The SMILES string of the molecule is Cc1ccc(N(CCOc2ccc(CC(Nc3ccccc3C(=O)c3ccccc3)C(=O)O)cc2)C(=O)C2CCC2)cc1. The Bertz CT molecular complexity index is 1550. The maximum Gasteiger partial charge on any atom is 0.326 e. The van der Waals surface area contributed by atoms with Crippen LogP contribution in [0.2, 0.25) is 0 Å². The molecular weight excluding hydrogens is 540 g/mol. The van der Waals surface area contributed by atoms with Gasteiger partial charge in [-0.2, -0.15) is 0 Å². The van der Waals surface area contributed by atoms with Gasteiger partial charge in [0.15, 0.2) is 5.78 Å². The molecule has 1 atom stereocenters. The van der Waals surface area contributed by atoms with Crippen molar-refractivity contribution in [1.29, 1.82) is 0 Å². The second kappa shape index (κ2) is 13.8. The van der Waals surface area contributed by atoms with Crippen LogP contribution in [0.25, 0.3) is 0 Å². The number of benzene rings is 4. The number of carboxylic acids is 1. The first kappa shape index (κ1) is 29.6. The molecule has 4 aromatic rings. The Labute approximate surface area is 252 Å². The van der Waals surface area contributed by atoms with Gasteiger partial charge in [0, 0.05) is 34.8 Å². The van der Waals surface area contributed by atoms with Crippen molar-refractivity contribution in [1.82, 2.24) is 0 Å². The first-order chi connectivity index (χ1) is 20.9. The number of nitrogens with one attached hydrogen (secondary N) is 1. The van der Waals surface area contributed by atoms with E-state index in [2.05, 4.69) is 5.32 Å². The summed E-state index contributed by atoms with van der Waals surface area (Å²) in [5.41, 5.74) is 4.24. The number of carboxylic acid groups (broad SMARTS) is 1. The van der Waals surface area contributed by atoms with Crippen LogP contribution in [-0.2, 0) is 16.0 Å². The Hall–Kier alpha value is -4.91. The highest BCUT2D eigenvalue weighted by Crippen LogP contribution is 2.30. The summed E-state index contributed by atoms with van der Waals surface area (Å²) in [6, 6.07) is 30.2. The quantitative estimate of drug-likeness (QED) is 0.175. The summed E-state index contributed by atoms with van der Waals surface area (Å²) >= 11 is 0. The molecule has 1 unspecified atom stereocenters. The Morgan fingerprint density at radius 1 is 0.884 bits per heavy atom. The number of aryl methyl sites for hydroxylation is 1. The zero-order chi connectivity index (χ0) is 30.2. The minimum Gasteiger partial charge on any atom is -0.492 e. The number of hydrogen-bond donors (Lipinski definition) is 2. The summed E-state index contributed by atoms with van der Waals surface area (Å²) < 4.78 is 5.99. The van der Waals surface area contributed by atoms with E-state index >= 15 is 0 Å². The molecule has 2 N–H and O–H groups in total. The predicted octanol–water partition coefficient (Wildman–Crippen LogP) is 6.55. The van der Waals surface area contributed by atoms with Gasteiger partial charge >= 0.3 is 5.97 Å². The molecule has 4 aromatic carbocycles. The lowest BCUT2D eigenvalue weighted by Gasteiger charge is -2.31. The maximum atomic E-state index is 13.1. The highest BCUT2D eigenvalue weighted by molar-refractivity contribution is 6.12. The average molecular weight is 577 g/mol. The molecule has 0 aromatic heterocycles. The van der Waals surface area contributed by atoms with Gasteiger partial charge in [-0.1, -0.05) is 78.7 Å². The van der Waals surface area contributed by atoms with Crippen molar-refractivity contribution in [3.8, 4) is 5.75 Å². The third kappa shape index (κ3) is 7.49. The fourth-order valence-corrected chi connectivity index (χ4v) is 5.12. The average Bonchev–Trinajstić information content (AvgIpc) is 3.00. The summed E-state index contributed by atoms with van der Waals surface area (Å²) in [5.74, 6) is -0.324. The van der Waals surface area contributed by atoms with Crippen molar-refractivity contribution >= 4 is 29.0 Å². The lowest BCUT2D eigenvalue weighted by atomic mass is 9.84. The topological polar surface area (TPSA) is 95.9 Å². The number of ether oxygens (including phenoxy) is 1. The Morgan fingerprint density at radius 3 is 2.21 bits per heavy atom.